The van der Waals surface area contributed by atoms with E-state index in [1.165, 1.54) is 135 Å². The van der Waals surface area contributed by atoms with Gasteiger partial charge in [-0.1, -0.05) is 247 Å². The number of methoxy groups -OCH3 is 2. The van der Waals surface area contributed by atoms with Gasteiger partial charge in [0.1, 0.15) is 24.8 Å². The Morgan fingerprint density at radius 3 is 1.29 bits per heavy atom. The van der Waals surface area contributed by atoms with Crippen LogP contribution in [0.4, 0.5) is 0 Å². The lowest BCUT2D eigenvalue weighted by Crippen LogP contribution is -2.31. The molecule has 17 heteroatoms. The molecule has 104 heavy (non-hydrogen) atoms. The van der Waals surface area contributed by atoms with Crippen molar-refractivity contribution >= 4 is 27.8 Å². The number of cyclic esters (lactones) is 2. The maximum absolute atomic E-state index is 13.3. The van der Waals surface area contributed by atoms with Gasteiger partial charge in [-0.15, -0.1) is 0 Å². The second kappa shape index (κ2) is 62.6. The van der Waals surface area contributed by atoms with Crippen LogP contribution in [0.25, 0.3) is 0 Å². The minimum absolute atomic E-state index is 0. The summed E-state index contributed by atoms with van der Waals surface area (Å²) < 4.78 is 71.1. The summed E-state index contributed by atoms with van der Waals surface area (Å²) in [6, 6.07) is 6.88. The number of ether oxygens (including phenoxy) is 7. The Labute approximate surface area is 637 Å². The van der Waals surface area contributed by atoms with Crippen LogP contribution in [-0.4, -0.2) is 136 Å². The van der Waals surface area contributed by atoms with Crippen molar-refractivity contribution in [2.45, 2.75) is 445 Å². The normalized spacial score (nSPS) is 20.5. The second-order valence-corrected chi connectivity index (χ2v) is 31.9. The highest BCUT2D eigenvalue weighted by Crippen LogP contribution is 2.35. The highest BCUT2D eigenvalue weighted by Gasteiger charge is 2.35. The van der Waals surface area contributed by atoms with Crippen LogP contribution in [0.15, 0.2) is 52.5 Å². The molecule has 4 aliphatic rings. The molecule has 0 amide bonds. The summed E-state index contributed by atoms with van der Waals surface area (Å²) in [6.45, 7) is 17.8. The number of carbonyl (C=O) groups is 3. The lowest BCUT2D eigenvalue weighted by molar-refractivity contribution is -0.140. The van der Waals surface area contributed by atoms with Gasteiger partial charge in [-0.25, -0.2) is 9.59 Å². The molecule has 5 rings (SSSR count). The summed E-state index contributed by atoms with van der Waals surface area (Å²) in [4.78, 5) is 36.3. The van der Waals surface area contributed by atoms with E-state index in [1.54, 1.807) is 32.4 Å². The molecule has 0 radical (unpaired) electrons. The molecule has 3 N–H and O–H groups in total. The standard InChI is InChI=1S/C46H78O8S.C35H62O7.C3H8O.3CH4/c1-7-8-9-10-11-12-13-14-15-17-22-37(3)44-31-32-45(53-44)38(4)23-20-21-25-41(54-55(48,49)43-29-27-36(2)28-30-43)24-18-16-19-26-42(51-35-50-6)34-40-33-39(5)52-46(40)47;1-3-4-5-6-7-8-9-10-11-15-21-31(38)33-23-24-34(42-33)32(39)22-17-16-19-29(36)18-13-12-14-20-30(37)26-28-25-27(2)41-35(28)40;1-3-4-2;;;/h27-30,33,37-39,41-42,44-45H,7-26,31-32,34-35H2,1-6H3;25,27,30-34,37-39H,3-24,26H2,1-2H3;3H2,1-2H3;3*1H4/t37-,38-,39-,41?,42+,44-,45-;27-,30+,31-,32-,33-,34-;;;;/m00..../s1. The van der Waals surface area contributed by atoms with Crippen LogP contribution >= 0.6 is 0 Å². The fraction of sp³-hybridized carbons (Fsp3) is 0.851. The van der Waals surface area contributed by atoms with Gasteiger partial charge >= 0.3 is 11.9 Å². The molecule has 1 unspecified atom stereocenters. The number of carbonyl (C=O) groups excluding carboxylic acids is 3. The molecule has 1 aromatic carbocycles. The number of rotatable bonds is 59. The summed E-state index contributed by atoms with van der Waals surface area (Å²) in [5.41, 5.74) is 2.23. The molecule has 2 fully saturated rings. The molecule has 0 bridgehead atoms. The van der Waals surface area contributed by atoms with Crippen molar-refractivity contribution in [1.82, 2.24) is 0 Å². The maximum atomic E-state index is 13.3. The van der Waals surface area contributed by atoms with E-state index in [4.69, 9.17) is 32.6 Å². The number of aliphatic hydroxyl groups is 3. The molecule has 1 aromatic rings. The van der Waals surface area contributed by atoms with Crippen molar-refractivity contribution in [3.63, 3.8) is 0 Å². The van der Waals surface area contributed by atoms with Crippen LogP contribution in [0.2, 0.25) is 0 Å². The topological polar surface area (TPSA) is 220 Å². The predicted molar refractivity (Wildman–Crippen MR) is 427 cm³/mol. The minimum Gasteiger partial charge on any atom is -0.455 e. The SMILES string of the molecule is C.C.C.CCCCCCCCCCCC[C@H](C)[C@@H]1CC[C@@H]([C@@H](C)CCCCC(CCCCC[C@H](CC2=C[C@H](C)OC2=O)OCOC)OS(=O)(=O)c2ccc(C)cc2)O1.CCCCCCCCCCCC[C@H](O)[C@@H]1CC[C@@H]([C@@H](O)CCCCC(=O)CCCCC[C@@H](O)CC2=C[C@H](C)OC2=O)O1.CCOC. The summed E-state index contributed by atoms with van der Waals surface area (Å²) in [5.74, 6) is 0.768. The fourth-order valence-corrected chi connectivity index (χ4v) is 15.6. The third-order valence-electron chi connectivity index (χ3n) is 21.0. The van der Waals surface area contributed by atoms with Crippen molar-refractivity contribution in [3.8, 4) is 0 Å². The number of Topliss-reactive ketones (excluding diaryl/α,β-unsaturated/α-hetero) is 1. The van der Waals surface area contributed by atoms with Crippen LogP contribution in [0.1, 0.15) is 372 Å². The van der Waals surface area contributed by atoms with Gasteiger partial charge in [0.05, 0.1) is 59.8 Å². The smallest absolute Gasteiger partial charge is 0.334 e. The molecule has 0 spiro atoms. The van der Waals surface area contributed by atoms with Gasteiger partial charge in [0.2, 0.25) is 0 Å². The number of hydrogen-bond donors (Lipinski definition) is 3. The van der Waals surface area contributed by atoms with Crippen LogP contribution in [0.5, 0.6) is 0 Å². The fourth-order valence-electron chi connectivity index (χ4n) is 14.5. The number of aryl methyl sites for hydroxylation is 1. The van der Waals surface area contributed by atoms with Gasteiger partial charge in [-0.2, -0.15) is 8.42 Å². The van der Waals surface area contributed by atoms with Crippen molar-refractivity contribution in [1.29, 1.82) is 0 Å². The van der Waals surface area contributed by atoms with E-state index in [2.05, 4.69) is 32.4 Å². The zero-order valence-electron chi connectivity index (χ0n) is 65.5. The van der Waals surface area contributed by atoms with Crippen LogP contribution in [-0.2, 0) is 61.8 Å². The van der Waals surface area contributed by atoms with Crippen molar-refractivity contribution in [2.75, 3.05) is 27.6 Å². The average Bonchev–Trinajstić information content (AvgIpc) is 1.46. The van der Waals surface area contributed by atoms with Gasteiger partial charge in [0.15, 0.2) is 0 Å². The molecule has 16 nitrogen and oxygen atoms in total. The number of ketones is 1. The van der Waals surface area contributed by atoms with E-state index < -0.39 is 28.4 Å². The van der Waals surface area contributed by atoms with Crippen LogP contribution in [0, 0.1) is 18.8 Å². The number of esters is 2. The molecule has 0 aliphatic carbocycles. The summed E-state index contributed by atoms with van der Waals surface area (Å²) in [7, 11) is -0.597. The Balaban J connectivity index is 0.00000194. The molecule has 0 saturated carbocycles. The predicted octanol–water partition coefficient (Wildman–Crippen LogP) is 21.8. The van der Waals surface area contributed by atoms with Gasteiger partial charge in [0.25, 0.3) is 10.1 Å². The molecule has 2 saturated heterocycles. The molecule has 0 aromatic heterocycles. The average molecular weight is 1490 g/mol. The van der Waals surface area contributed by atoms with Crippen molar-refractivity contribution in [2.24, 2.45) is 11.8 Å². The minimum atomic E-state index is -3.87. The Hall–Kier alpha value is -3.10. The first kappa shape index (κ1) is 101. The Bertz CT molecular complexity index is 2430. The first-order valence-electron chi connectivity index (χ1n) is 41.0. The van der Waals surface area contributed by atoms with Crippen molar-refractivity contribution < 1.29 is 75.5 Å². The molecule has 4 heterocycles. The lowest BCUT2D eigenvalue weighted by Gasteiger charge is -2.24. The van der Waals surface area contributed by atoms with E-state index in [0.29, 0.717) is 86.6 Å². The molecular weight excluding hydrogens is 1330 g/mol. The van der Waals surface area contributed by atoms with E-state index >= 15 is 0 Å². The van der Waals surface area contributed by atoms with Gasteiger partial charge in [-0.3, -0.25) is 8.98 Å². The van der Waals surface area contributed by atoms with Crippen molar-refractivity contribution in [3.05, 3.63) is 53.1 Å². The lowest BCUT2D eigenvalue weighted by atomic mass is 9.92. The van der Waals surface area contributed by atoms with E-state index in [0.717, 1.165) is 121 Å². The molecular formula is C87H160O16S. The quantitative estimate of drug-likeness (QED) is 0.0239. The first-order chi connectivity index (χ1) is 48.7. The number of unbranched alkanes of at least 4 members (excludes halogenated alkanes) is 24. The maximum Gasteiger partial charge on any atom is 0.334 e. The first-order valence-corrected chi connectivity index (χ1v) is 42.4. The number of hydrogen-bond acceptors (Lipinski definition) is 16. The summed E-state index contributed by atoms with van der Waals surface area (Å²) in [6.07, 6.45) is 49.1. The Morgan fingerprint density at radius 1 is 0.481 bits per heavy atom. The monoisotopic (exact) mass is 1490 g/mol. The van der Waals surface area contributed by atoms with Gasteiger partial charge in [-0.05, 0) is 154 Å². The van der Waals surface area contributed by atoms with Gasteiger partial charge < -0.3 is 48.5 Å². The summed E-state index contributed by atoms with van der Waals surface area (Å²) >= 11 is 0. The summed E-state index contributed by atoms with van der Waals surface area (Å²) in [5, 5.41) is 31.3. The molecule has 4 aliphatic heterocycles. The van der Waals surface area contributed by atoms with Crippen LogP contribution < -0.4 is 0 Å². The Morgan fingerprint density at radius 2 is 0.837 bits per heavy atom. The zero-order valence-corrected chi connectivity index (χ0v) is 66.3. The molecule has 610 valence electrons. The third kappa shape index (κ3) is 46.4. The highest BCUT2D eigenvalue weighted by atomic mass is 32.2. The highest BCUT2D eigenvalue weighted by molar-refractivity contribution is 7.86. The van der Waals surface area contributed by atoms with E-state index in [9.17, 15) is 38.1 Å². The van der Waals surface area contributed by atoms with E-state index in [-0.39, 0.29) is 88.3 Å². The number of benzene rings is 1. The second-order valence-electron chi connectivity index (χ2n) is 30.3. The number of aliphatic hydroxyl groups excluding tert-OH is 3. The van der Waals surface area contributed by atoms with E-state index in [1.807, 2.05) is 45.9 Å². The Kier molecular flexibility index (Phi) is 60.8. The third-order valence-corrected chi connectivity index (χ3v) is 22.4. The zero-order chi connectivity index (χ0) is 73.9. The molecule has 13 atom stereocenters. The van der Waals surface area contributed by atoms with Gasteiger partial charge in [0, 0.05) is 57.7 Å². The van der Waals surface area contributed by atoms with Crippen LogP contribution in [0.3, 0.4) is 0 Å². The largest absolute Gasteiger partial charge is 0.455 e.